The van der Waals surface area contributed by atoms with Crippen LogP contribution >= 0.6 is 0 Å². The molecule has 2 heterocycles. The molecule has 4 rings (SSSR count). The van der Waals surface area contributed by atoms with Gasteiger partial charge in [0, 0.05) is 38.0 Å². The normalized spacial score (nSPS) is 44.3. The third-order valence-electron chi connectivity index (χ3n) is 8.18. The second kappa shape index (κ2) is 7.29. The van der Waals surface area contributed by atoms with Gasteiger partial charge in [0.2, 0.25) is 0 Å². The fourth-order valence-corrected chi connectivity index (χ4v) is 6.52. The van der Waals surface area contributed by atoms with Crippen LogP contribution in [0.4, 0.5) is 0 Å². The lowest BCUT2D eigenvalue weighted by Gasteiger charge is -2.41. The minimum Gasteiger partial charge on any atom is -0.463 e. The van der Waals surface area contributed by atoms with E-state index in [-0.39, 0.29) is 42.8 Å². The second-order valence-electron chi connectivity index (χ2n) is 10.8. The lowest BCUT2D eigenvalue weighted by atomic mass is 9.65. The van der Waals surface area contributed by atoms with Crippen molar-refractivity contribution in [3.63, 3.8) is 0 Å². The Morgan fingerprint density at radius 1 is 1.19 bits per heavy atom. The number of rotatable bonds is 4. The molecule has 2 aliphatic heterocycles. The summed E-state index contributed by atoms with van der Waals surface area (Å²) in [7, 11) is 0. The highest BCUT2D eigenvalue weighted by Gasteiger charge is 2.79. The van der Waals surface area contributed by atoms with E-state index in [1.54, 1.807) is 0 Å². The van der Waals surface area contributed by atoms with Crippen molar-refractivity contribution in [2.75, 3.05) is 6.61 Å². The third kappa shape index (κ3) is 3.72. The van der Waals surface area contributed by atoms with Crippen LogP contribution in [-0.2, 0) is 28.5 Å². The fraction of sp³-hybridized carbons (Fsp3) is 0.833. The molecule has 2 saturated heterocycles. The first-order valence-electron chi connectivity index (χ1n) is 11.4. The summed E-state index contributed by atoms with van der Waals surface area (Å²) >= 11 is 0. The van der Waals surface area contributed by atoms with Crippen LogP contribution in [0.25, 0.3) is 0 Å². The van der Waals surface area contributed by atoms with Gasteiger partial charge in [-0.1, -0.05) is 19.1 Å². The molecular weight excluding hydrogens is 400 g/mol. The Kier molecular flexibility index (Phi) is 5.35. The molecule has 0 bridgehead atoms. The number of ether oxygens (including phenoxy) is 4. The van der Waals surface area contributed by atoms with E-state index in [9.17, 15) is 14.7 Å². The predicted octanol–water partition coefficient (Wildman–Crippen LogP) is 3.07. The van der Waals surface area contributed by atoms with E-state index >= 15 is 0 Å². The quantitative estimate of drug-likeness (QED) is 0.411. The van der Waals surface area contributed by atoms with Crippen LogP contribution in [0.1, 0.15) is 73.1 Å². The Labute approximate surface area is 184 Å². The van der Waals surface area contributed by atoms with Crippen molar-refractivity contribution in [2.24, 2.45) is 11.3 Å². The van der Waals surface area contributed by atoms with Crippen LogP contribution in [-0.4, -0.2) is 58.8 Å². The standard InChI is InChI=1S/C24H36O7/c1-14-7-8-18-23(30-18,13-28-15(2)25)12-20-24(31-20)17(21(4,5)27)9-10-22(24,6)19(11-14)29-16(3)26/h17-20,27H,1,7-13H2,2-6H3/t17-,18+,19-,20-,22-,23-,24-/m0/s1. The molecule has 174 valence electrons. The Bertz CT molecular complexity index is 785. The Balaban J connectivity index is 1.72. The molecule has 7 atom stereocenters. The summed E-state index contributed by atoms with van der Waals surface area (Å²) in [4.78, 5) is 23.5. The van der Waals surface area contributed by atoms with Crippen LogP contribution in [0.5, 0.6) is 0 Å². The topological polar surface area (TPSA) is 97.9 Å². The highest BCUT2D eigenvalue weighted by Crippen LogP contribution is 2.70. The Hall–Kier alpha value is -1.44. The van der Waals surface area contributed by atoms with Gasteiger partial charge in [-0.05, 0) is 39.5 Å². The van der Waals surface area contributed by atoms with Crippen LogP contribution in [0.15, 0.2) is 12.2 Å². The van der Waals surface area contributed by atoms with E-state index in [2.05, 4.69) is 13.5 Å². The van der Waals surface area contributed by atoms with Crippen LogP contribution in [0.3, 0.4) is 0 Å². The summed E-state index contributed by atoms with van der Waals surface area (Å²) in [6.45, 7) is 13.1. The number of esters is 2. The number of fused-ring (bicyclic) bond motifs is 1. The maximum absolute atomic E-state index is 12.0. The number of epoxide rings is 2. The molecule has 7 nitrogen and oxygen atoms in total. The molecule has 2 aliphatic carbocycles. The molecule has 0 aromatic rings. The average Bonchev–Trinajstić information content (AvgIpc) is 3.49. The van der Waals surface area contributed by atoms with Crippen molar-refractivity contribution in [1.82, 2.24) is 0 Å². The Morgan fingerprint density at radius 2 is 1.90 bits per heavy atom. The largest absolute Gasteiger partial charge is 0.463 e. The van der Waals surface area contributed by atoms with Crippen LogP contribution < -0.4 is 0 Å². The molecule has 31 heavy (non-hydrogen) atoms. The predicted molar refractivity (Wildman–Crippen MR) is 112 cm³/mol. The van der Waals surface area contributed by atoms with Gasteiger partial charge in [0.15, 0.2) is 0 Å². The summed E-state index contributed by atoms with van der Waals surface area (Å²) in [5, 5.41) is 11.0. The summed E-state index contributed by atoms with van der Waals surface area (Å²) in [6, 6.07) is 0. The number of hydrogen-bond donors (Lipinski definition) is 1. The SMILES string of the molecule is C=C1CC[C@H]2O[C@]2(COC(C)=O)C[C@@H]2O[C@@]23[C@H](C(C)(C)O)CC[C@@]3(C)[C@@H](OC(C)=O)C1. The smallest absolute Gasteiger partial charge is 0.302 e. The second-order valence-corrected chi connectivity index (χ2v) is 10.8. The zero-order chi connectivity index (χ0) is 22.8. The van der Waals surface area contributed by atoms with Crippen molar-refractivity contribution < 1.29 is 33.6 Å². The first-order valence-corrected chi connectivity index (χ1v) is 11.4. The van der Waals surface area contributed by atoms with E-state index in [4.69, 9.17) is 18.9 Å². The zero-order valence-corrected chi connectivity index (χ0v) is 19.4. The van der Waals surface area contributed by atoms with E-state index in [0.29, 0.717) is 12.8 Å². The number of aliphatic hydroxyl groups is 1. The van der Waals surface area contributed by atoms with Gasteiger partial charge in [-0.15, -0.1) is 0 Å². The summed E-state index contributed by atoms with van der Waals surface area (Å²) in [5.41, 5.74) is -1.60. The van der Waals surface area contributed by atoms with Crippen molar-refractivity contribution in [2.45, 2.75) is 108 Å². The van der Waals surface area contributed by atoms with Crippen molar-refractivity contribution in [3.05, 3.63) is 12.2 Å². The summed E-state index contributed by atoms with van der Waals surface area (Å²) < 4.78 is 23.9. The van der Waals surface area contributed by atoms with Gasteiger partial charge in [0.05, 0.1) is 17.8 Å². The molecule has 0 unspecified atom stereocenters. The van der Waals surface area contributed by atoms with Gasteiger partial charge in [0.25, 0.3) is 0 Å². The highest BCUT2D eigenvalue weighted by atomic mass is 16.7. The Morgan fingerprint density at radius 3 is 2.52 bits per heavy atom. The van der Waals surface area contributed by atoms with Gasteiger partial charge in [-0.25, -0.2) is 0 Å². The minimum atomic E-state index is -0.947. The first kappa shape index (κ1) is 22.7. The molecule has 2 saturated carbocycles. The fourth-order valence-electron chi connectivity index (χ4n) is 6.52. The maximum Gasteiger partial charge on any atom is 0.302 e. The molecule has 1 N–H and O–H groups in total. The molecule has 4 aliphatic rings. The van der Waals surface area contributed by atoms with Crippen molar-refractivity contribution in [3.8, 4) is 0 Å². The van der Waals surface area contributed by atoms with Gasteiger partial charge in [0.1, 0.15) is 23.9 Å². The maximum atomic E-state index is 12.0. The summed E-state index contributed by atoms with van der Waals surface area (Å²) in [5.74, 6) is -0.751. The van der Waals surface area contributed by atoms with Crippen molar-refractivity contribution >= 4 is 11.9 Å². The van der Waals surface area contributed by atoms with Crippen LogP contribution in [0, 0.1) is 11.3 Å². The highest BCUT2D eigenvalue weighted by molar-refractivity contribution is 5.66. The average molecular weight is 437 g/mol. The van der Waals surface area contributed by atoms with E-state index < -0.39 is 22.2 Å². The van der Waals surface area contributed by atoms with Gasteiger partial charge in [-0.3, -0.25) is 9.59 Å². The number of hydrogen-bond acceptors (Lipinski definition) is 7. The van der Waals surface area contributed by atoms with Crippen molar-refractivity contribution in [1.29, 1.82) is 0 Å². The van der Waals surface area contributed by atoms with Gasteiger partial charge in [-0.2, -0.15) is 0 Å². The van der Waals surface area contributed by atoms with E-state index in [1.165, 1.54) is 13.8 Å². The number of carbonyl (C=O) groups is 2. The van der Waals surface area contributed by atoms with Gasteiger partial charge >= 0.3 is 11.9 Å². The minimum absolute atomic E-state index is 0.0247. The number of carbonyl (C=O) groups excluding carboxylic acids is 2. The molecule has 7 heteroatoms. The molecule has 1 spiro atoms. The molecule has 0 amide bonds. The zero-order valence-electron chi connectivity index (χ0n) is 19.4. The molecule has 0 aromatic carbocycles. The lowest BCUT2D eigenvalue weighted by Crippen LogP contribution is -2.52. The third-order valence-corrected chi connectivity index (χ3v) is 8.18. The van der Waals surface area contributed by atoms with Gasteiger partial charge < -0.3 is 24.1 Å². The monoisotopic (exact) mass is 436 g/mol. The van der Waals surface area contributed by atoms with E-state index in [0.717, 1.165) is 31.3 Å². The molecular formula is C24H36O7. The molecule has 0 aromatic heterocycles. The molecule has 0 radical (unpaired) electrons. The molecule has 4 fully saturated rings. The van der Waals surface area contributed by atoms with E-state index in [1.807, 2.05) is 13.8 Å². The van der Waals surface area contributed by atoms with Crippen LogP contribution in [0.2, 0.25) is 0 Å². The summed E-state index contributed by atoms with van der Waals surface area (Å²) in [6.07, 6.45) is 3.70. The lowest BCUT2D eigenvalue weighted by molar-refractivity contribution is -0.157. The first-order chi connectivity index (χ1) is 14.3.